The van der Waals surface area contributed by atoms with Crippen molar-refractivity contribution >= 4 is 17.4 Å². The van der Waals surface area contributed by atoms with Crippen LogP contribution in [0.25, 0.3) is 0 Å². The van der Waals surface area contributed by atoms with Crippen molar-refractivity contribution in [1.82, 2.24) is 5.32 Å². The quantitative estimate of drug-likeness (QED) is 0.908. The number of ether oxygens (including phenoxy) is 1. The number of hydrogen-bond donors (Lipinski definition) is 1. The van der Waals surface area contributed by atoms with E-state index in [0.29, 0.717) is 22.9 Å². The van der Waals surface area contributed by atoms with Gasteiger partial charge in [0.25, 0.3) is 0 Å². The minimum atomic E-state index is -4.32. The minimum Gasteiger partial charge on any atom is -0.493 e. The molecule has 2 rings (SSSR count). The Morgan fingerprint density at radius 3 is 2.85 bits per heavy atom. The summed E-state index contributed by atoms with van der Waals surface area (Å²) in [5.74, 6) is 0.299. The molecule has 20 heavy (non-hydrogen) atoms. The van der Waals surface area contributed by atoms with Crippen LogP contribution in [0.15, 0.2) is 12.1 Å². The molecule has 0 amide bonds. The zero-order valence-electron chi connectivity index (χ0n) is 10.5. The van der Waals surface area contributed by atoms with E-state index in [1.54, 1.807) is 12.1 Å². The molecule has 3 nitrogen and oxygen atoms in total. The van der Waals surface area contributed by atoms with Crippen molar-refractivity contribution in [3.63, 3.8) is 0 Å². The van der Waals surface area contributed by atoms with Gasteiger partial charge in [0.2, 0.25) is 0 Å². The first-order chi connectivity index (χ1) is 9.35. The molecule has 1 aromatic carbocycles. The second kappa shape index (κ2) is 6.01. The molecular formula is C13H13ClF3NO2. The summed E-state index contributed by atoms with van der Waals surface area (Å²) in [6.45, 7) is -0.979. The van der Waals surface area contributed by atoms with Crippen LogP contribution >= 0.6 is 11.6 Å². The largest absolute Gasteiger partial charge is 0.493 e. The first kappa shape index (κ1) is 15.1. The van der Waals surface area contributed by atoms with Crippen LogP contribution in [-0.2, 0) is 17.6 Å². The summed E-state index contributed by atoms with van der Waals surface area (Å²) in [4.78, 5) is 11.7. The van der Waals surface area contributed by atoms with Gasteiger partial charge in [-0.15, -0.1) is 0 Å². The number of rotatable bonds is 5. The van der Waals surface area contributed by atoms with Crippen LogP contribution in [0, 0.1) is 0 Å². The lowest BCUT2D eigenvalue weighted by molar-refractivity contribution is -0.127. The third-order valence-corrected chi connectivity index (χ3v) is 3.08. The minimum absolute atomic E-state index is 0.00769. The summed E-state index contributed by atoms with van der Waals surface area (Å²) in [5, 5.41) is 2.58. The van der Waals surface area contributed by atoms with Crippen LogP contribution < -0.4 is 10.1 Å². The fourth-order valence-electron chi connectivity index (χ4n) is 2.10. The highest BCUT2D eigenvalue weighted by molar-refractivity contribution is 6.30. The van der Waals surface area contributed by atoms with E-state index in [0.717, 1.165) is 12.0 Å². The van der Waals surface area contributed by atoms with E-state index in [9.17, 15) is 18.0 Å². The van der Waals surface area contributed by atoms with Gasteiger partial charge in [-0.05, 0) is 17.7 Å². The van der Waals surface area contributed by atoms with Crippen molar-refractivity contribution in [2.75, 3.05) is 19.7 Å². The standard InChI is InChI=1S/C13H13ClF3NO2/c14-10-3-8-1-2-20-12(8)9(4-10)5-11(19)6-18-7-13(15,16)17/h3-4,18H,1-2,5-7H2. The van der Waals surface area contributed by atoms with Crippen molar-refractivity contribution in [3.05, 3.63) is 28.3 Å². The van der Waals surface area contributed by atoms with Crippen molar-refractivity contribution in [3.8, 4) is 5.75 Å². The third kappa shape index (κ3) is 4.11. The lowest BCUT2D eigenvalue weighted by atomic mass is 10.0. The molecule has 1 aromatic rings. The van der Waals surface area contributed by atoms with E-state index < -0.39 is 12.7 Å². The number of ketones is 1. The van der Waals surface area contributed by atoms with Gasteiger partial charge in [0, 0.05) is 23.4 Å². The van der Waals surface area contributed by atoms with Gasteiger partial charge in [0.15, 0.2) is 5.78 Å². The summed E-state index contributed by atoms with van der Waals surface area (Å²) in [5.41, 5.74) is 1.56. The molecule has 0 fully saturated rings. The third-order valence-electron chi connectivity index (χ3n) is 2.86. The number of carbonyl (C=O) groups excluding carboxylic acids is 1. The average molecular weight is 308 g/mol. The molecule has 7 heteroatoms. The Morgan fingerprint density at radius 1 is 1.40 bits per heavy atom. The van der Waals surface area contributed by atoms with Gasteiger partial charge in [-0.2, -0.15) is 13.2 Å². The lowest BCUT2D eigenvalue weighted by Crippen LogP contribution is -2.33. The summed E-state index contributed by atoms with van der Waals surface area (Å²) < 4.78 is 41.3. The van der Waals surface area contributed by atoms with E-state index in [4.69, 9.17) is 16.3 Å². The summed E-state index contributed by atoms with van der Waals surface area (Å²) in [6, 6.07) is 3.40. The van der Waals surface area contributed by atoms with Gasteiger partial charge < -0.3 is 10.1 Å². The van der Waals surface area contributed by atoms with Crippen LogP contribution in [0.3, 0.4) is 0 Å². The van der Waals surface area contributed by atoms with Crippen LogP contribution in [0.5, 0.6) is 5.75 Å². The Hall–Kier alpha value is -1.27. The van der Waals surface area contributed by atoms with Crippen LogP contribution in [-0.4, -0.2) is 31.7 Å². The number of benzene rings is 1. The number of nitrogens with one attached hydrogen (secondary N) is 1. The number of hydrogen-bond acceptors (Lipinski definition) is 3. The van der Waals surface area contributed by atoms with Gasteiger partial charge >= 0.3 is 6.18 Å². The molecule has 0 atom stereocenters. The molecule has 0 bridgehead atoms. The van der Waals surface area contributed by atoms with E-state index in [-0.39, 0.29) is 18.7 Å². The second-order valence-corrected chi connectivity index (χ2v) is 5.02. The number of halogens is 4. The van der Waals surface area contributed by atoms with Crippen molar-refractivity contribution in [1.29, 1.82) is 0 Å². The molecule has 110 valence electrons. The predicted molar refractivity (Wildman–Crippen MR) is 68.3 cm³/mol. The number of carbonyl (C=O) groups is 1. The van der Waals surface area contributed by atoms with E-state index >= 15 is 0 Å². The summed E-state index contributed by atoms with van der Waals surface area (Å²) in [7, 11) is 0. The fraction of sp³-hybridized carbons (Fsp3) is 0.462. The lowest BCUT2D eigenvalue weighted by Gasteiger charge is -2.10. The second-order valence-electron chi connectivity index (χ2n) is 4.59. The molecule has 0 saturated carbocycles. The molecule has 0 radical (unpaired) electrons. The highest BCUT2D eigenvalue weighted by atomic mass is 35.5. The van der Waals surface area contributed by atoms with Crippen LogP contribution in [0.4, 0.5) is 13.2 Å². The normalized spacial score (nSPS) is 14.0. The summed E-state index contributed by atoms with van der Waals surface area (Å²) in [6.07, 6.45) is -3.59. The first-order valence-corrected chi connectivity index (χ1v) is 6.46. The molecule has 1 aliphatic rings. The van der Waals surface area contributed by atoms with Crippen LogP contribution in [0.1, 0.15) is 11.1 Å². The first-order valence-electron chi connectivity index (χ1n) is 6.08. The Bertz CT molecular complexity index is 517. The molecule has 0 spiro atoms. The highest BCUT2D eigenvalue weighted by Crippen LogP contribution is 2.33. The molecule has 0 unspecified atom stereocenters. The molecule has 0 aromatic heterocycles. The maximum Gasteiger partial charge on any atom is 0.401 e. The zero-order chi connectivity index (χ0) is 14.8. The molecule has 1 heterocycles. The van der Waals surface area contributed by atoms with Crippen molar-refractivity contribution in [2.24, 2.45) is 0 Å². The maximum atomic E-state index is 12.0. The highest BCUT2D eigenvalue weighted by Gasteiger charge is 2.26. The Kier molecular flexibility index (Phi) is 4.55. The predicted octanol–water partition coefficient (Wildman–Crippen LogP) is 2.54. The monoisotopic (exact) mass is 307 g/mol. The Morgan fingerprint density at radius 2 is 2.15 bits per heavy atom. The smallest absolute Gasteiger partial charge is 0.401 e. The molecule has 1 aliphatic heterocycles. The zero-order valence-corrected chi connectivity index (χ0v) is 11.3. The number of alkyl halides is 3. The van der Waals surface area contributed by atoms with Gasteiger partial charge in [0.05, 0.1) is 19.7 Å². The molecular weight excluding hydrogens is 295 g/mol. The fourth-order valence-corrected chi connectivity index (χ4v) is 2.36. The van der Waals surface area contributed by atoms with Crippen molar-refractivity contribution < 1.29 is 22.7 Å². The number of Topliss-reactive ketones (excluding diaryl/α,β-unsaturated/α-hetero) is 1. The van der Waals surface area contributed by atoms with Gasteiger partial charge in [-0.1, -0.05) is 11.6 Å². The topological polar surface area (TPSA) is 38.3 Å². The van der Waals surface area contributed by atoms with E-state index in [1.165, 1.54) is 0 Å². The SMILES string of the molecule is O=C(CNCC(F)(F)F)Cc1cc(Cl)cc2c1OCC2. The maximum absolute atomic E-state index is 12.0. The van der Waals surface area contributed by atoms with E-state index in [2.05, 4.69) is 5.32 Å². The van der Waals surface area contributed by atoms with Gasteiger partial charge in [0.1, 0.15) is 5.75 Å². The molecule has 0 saturated heterocycles. The van der Waals surface area contributed by atoms with Crippen LogP contribution in [0.2, 0.25) is 5.02 Å². The molecule has 1 N–H and O–H groups in total. The van der Waals surface area contributed by atoms with Gasteiger partial charge in [-0.3, -0.25) is 4.79 Å². The van der Waals surface area contributed by atoms with Gasteiger partial charge in [-0.25, -0.2) is 0 Å². The Labute approximate surface area is 119 Å². The Balaban J connectivity index is 1.95. The summed E-state index contributed by atoms with van der Waals surface area (Å²) >= 11 is 5.94. The van der Waals surface area contributed by atoms with E-state index in [1.807, 2.05) is 0 Å². The number of fused-ring (bicyclic) bond motifs is 1. The average Bonchev–Trinajstić information content (AvgIpc) is 2.74. The van der Waals surface area contributed by atoms with Crippen molar-refractivity contribution in [2.45, 2.75) is 19.0 Å². The molecule has 0 aliphatic carbocycles.